The van der Waals surface area contributed by atoms with Gasteiger partial charge in [0, 0.05) is 29.2 Å². The van der Waals surface area contributed by atoms with E-state index < -0.39 is 0 Å². The van der Waals surface area contributed by atoms with E-state index in [-0.39, 0.29) is 12.5 Å². The Morgan fingerprint density at radius 1 is 0.970 bits per heavy atom. The van der Waals surface area contributed by atoms with Crippen molar-refractivity contribution in [2.24, 2.45) is 0 Å². The molecular weight excluding hydrogens is 416 g/mol. The first-order valence-electron chi connectivity index (χ1n) is 10.4. The van der Waals surface area contributed by atoms with Gasteiger partial charge in [-0.3, -0.25) is 9.78 Å². The molecule has 0 saturated heterocycles. The molecule has 1 amide bonds. The molecule has 0 spiro atoms. The van der Waals surface area contributed by atoms with Gasteiger partial charge in [-0.2, -0.15) is 9.61 Å². The van der Waals surface area contributed by atoms with Crippen LogP contribution in [0.2, 0.25) is 0 Å². The van der Waals surface area contributed by atoms with Crippen LogP contribution in [0.1, 0.15) is 5.56 Å². The minimum Gasteiger partial charge on any atom is -0.483 e. The van der Waals surface area contributed by atoms with Crippen LogP contribution >= 0.6 is 0 Å². The maximum Gasteiger partial charge on any atom is 0.262 e. The van der Waals surface area contributed by atoms with Crippen molar-refractivity contribution in [1.29, 1.82) is 0 Å². The fourth-order valence-electron chi connectivity index (χ4n) is 3.43. The van der Waals surface area contributed by atoms with Gasteiger partial charge in [0.15, 0.2) is 18.1 Å². The Kier molecular flexibility index (Phi) is 5.47. The number of fused-ring (bicyclic) bond motifs is 1. The third-order valence-corrected chi connectivity index (χ3v) is 5.08. The van der Waals surface area contributed by atoms with Crippen molar-refractivity contribution in [1.82, 2.24) is 24.8 Å². The molecular formula is C25H20N6O2. The minimum atomic E-state index is -0.239. The van der Waals surface area contributed by atoms with E-state index in [0.717, 1.165) is 22.4 Å². The van der Waals surface area contributed by atoms with Crippen molar-refractivity contribution < 1.29 is 9.53 Å². The number of aryl methyl sites for hydroxylation is 1. The monoisotopic (exact) mass is 436 g/mol. The largest absolute Gasteiger partial charge is 0.483 e. The number of benzene rings is 2. The van der Waals surface area contributed by atoms with E-state index >= 15 is 0 Å². The Labute approximate surface area is 189 Å². The minimum absolute atomic E-state index is 0.0749. The summed E-state index contributed by atoms with van der Waals surface area (Å²) in [6.45, 7) is 1.87. The number of carbonyl (C=O) groups is 1. The maximum absolute atomic E-state index is 12.4. The van der Waals surface area contributed by atoms with Crippen molar-refractivity contribution in [2.45, 2.75) is 6.92 Å². The van der Waals surface area contributed by atoms with Crippen LogP contribution in [0.25, 0.3) is 28.3 Å². The molecule has 0 saturated carbocycles. The smallest absolute Gasteiger partial charge is 0.262 e. The average molecular weight is 436 g/mol. The lowest BCUT2D eigenvalue weighted by atomic mass is 10.1. The Morgan fingerprint density at radius 2 is 1.85 bits per heavy atom. The molecule has 8 nitrogen and oxygen atoms in total. The summed E-state index contributed by atoms with van der Waals surface area (Å²) in [5.74, 6) is 1.06. The molecule has 3 aromatic heterocycles. The van der Waals surface area contributed by atoms with Gasteiger partial charge in [0.2, 0.25) is 0 Å². The van der Waals surface area contributed by atoms with E-state index in [2.05, 4.69) is 20.5 Å². The van der Waals surface area contributed by atoms with Crippen molar-refractivity contribution >= 4 is 17.2 Å². The highest BCUT2D eigenvalue weighted by molar-refractivity contribution is 5.92. The molecule has 5 rings (SSSR count). The third kappa shape index (κ3) is 4.40. The van der Waals surface area contributed by atoms with E-state index in [1.54, 1.807) is 16.9 Å². The van der Waals surface area contributed by atoms with Crippen molar-refractivity contribution in [2.75, 3.05) is 11.9 Å². The van der Waals surface area contributed by atoms with Crippen LogP contribution < -0.4 is 10.1 Å². The molecule has 0 bridgehead atoms. The second kappa shape index (κ2) is 8.88. The third-order valence-electron chi connectivity index (χ3n) is 5.08. The van der Waals surface area contributed by atoms with Gasteiger partial charge in [0.1, 0.15) is 5.75 Å². The fourth-order valence-corrected chi connectivity index (χ4v) is 3.43. The Bertz CT molecular complexity index is 1430. The molecule has 33 heavy (non-hydrogen) atoms. The number of hydrogen-bond acceptors (Lipinski definition) is 6. The molecule has 0 aliphatic carbocycles. The van der Waals surface area contributed by atoms with Gasteiger partial charge < -0.3 is 10.1 Å². The molecule has 0 aliphatic rings. The van der Waals surface area contributed by atoms with E-state index in [1.165, 1.54) is 0 Å². The predicted molar refractivity (Wildman–Crippen MR) is 125 cm³/mol. The van der Waals surface area contributed by atoms with Gasteiger partial charge in [0.25, 0.3) is 5.91 Å². The number of hydrogen-bond donors (Lipinski definition) is 1. The highest BCUT2D eigenvalue weighted by Gasteiger charge is 2.12. The quantitative estimate of drug-likeness (QED) is 0.429. The standard InChI is InChI=1S/C25H20N6O2/c1-17-6-2-3-10-22(17)33-16-24(32)27-20-9-4-7-18(14-20)21-11-12-23-28-29-25(31(23)30-21)19-8-5-13-26-15-19/h2-15H,16H2,1H3,(H,27,32). The number of nitrogens with one attached hydrogen (secondary N) is 1. The molecule has 0 radical (unpaired) electrons. The number of anilines is 1. The second-order valence-electron chi connectivity index (χ2n) is 7.44. The molecule has 2 aromatic carbocycles. The lowest BCUT2D eigenvalue weighted by Crippen LogP contribution is -2.20. The Morgan fingerprint density at radius 3 is 2.70 bits per heavy atom. The fraction of sp³-hybridized carbons (Fsp3) is 0.0800. The Balaban J connectivity index is 1.35. The zero-order valence-corrected chi connectivity index (χ0v) is 17.8. The summed E-state index contributed by atoms with van der Waals surface area (Å²) in [5, 5.41) is 16.0. The zero-order valence-electron chi connectivity index (χ0n) is 17.8. The summed E-state index contributed by atoms with van der Waals surface area (Å²) in [6, 6.07) is 22.6. The van der Waals surface area contributed by atoms with E-state index in [1.807, 2.05) is 79.7 Å². The van der Waals surface area contributed by atoms with Crippen LogP contribution in [0, 0.1) is 6.92 Å². The number of nitrogens with zero attached hydrogens (tertiary/aromatic N) is 5. The highest BCUT2D eigenvalue weighted by Crippen LogP contribution is 2.23. The van der Waals surface area contributed by atoms with E-state index in [9.17, 15) is 4.79 Å². The molecule has 0 unspecified atom stereocenters. The van der Waals surface area contributed by atoms with E-state index in [4.69, 9.17) is 9.84 Å². The molecule has 1 N–H and O–H groups in total. The van der Waals surface area contributed by atoms with Crippen molar-refractivity contribution in [3.05, 3.63) is 90.8 Å². The van der Waals surface area contributed by atoms with Gasteiger partial charge >= 0.3 is 0 Å². The molecule has 8 heteroatoms. The second-order valence-corrected chi connectivity index (χ2v) is 7.44. The summed E-state index contributed by atoms with van der Waals surface area (Å²) in [7, 11) is 0. The SMILES string of the molecule is Cc1ccccc1OCC(=O)Nc1cccc(-c2ccc3nnc(-c4cccnc4)n3n2)c1. The molecule has 0 atom stereocenters. The summed E-state index contributed by atoms with van der Waals surface area (Å²) in [4.78, 5) is 16.6. The lowest BCUT2D eigenvalue weighted by molar-refractivity contribution is -0.118. The number of carbonyl (C=O) groups excluding carboxylic acids is 1. The number of ether oxygens (including phenoxy) is 1. The average Bonchev–Trinajstić information content (AvgIpc) is 3.28. The molecule has 162 valence electrons. The summed E-state index contributed by atoms with van der Waals surface area (Å²) in [6.07, 6.45) is 3.43. The first kappa shape index (κ1) is 20.3. The summed E-state index contributed by atoms with van der Waals surface area (Å²) in [5.41, 5.74) is 4.66. The van der Waals surface area contributed by atoms with Crippen LogP contribution in [0.5, 0.6) is 5.75 Å². The molecule has 3 heterocycles. The van der Waals surface area contributed by atoms with Gasteiger partial charge in [-0.1, -0.05) is 30.3 Å². The maximum atomic E-state index is 12.4. The highest BCUT2D eigenvalue weighted by atomic mass is 16.5. The summed E-state index contributed by atoms with van der Waals surface area (Å²) < 4.78 is 7.32. The Hall–Kier alpha value is -4.59. The van der Waals surface area contributed by atoms with Gasteiger partial charge in [0.05, 0.1) is 5.69 Å². The van der Waals surface area contributed by atoms with Crippen LogP contribution in [-0.4, -0.2) is 37.3 Å². The lowest BCUT2D eigenvalue weighted by Gasteiger charge is -2.10. The van der Waals surface area contributed by atoms with Crippen LogP contribution in [0.3, 0.4) is 0 Å². The first-order chi connectivity index (χ1) is 16.2. The van der Waals surface area contributed by atoms with Crippen molar-refractivity contribution in [3.63, 3.8) is 0 Å². The van der Waals surface area contributed by atoms with Crippen molar-refractivity contribution in [3.8, 4) is 28.4 Å². The normalized spacial score (nSPS) is 10.8. The summed E-state index contributed by atoms with van der Waals surface area (Å²) >= 11 is 0. The number of rotatable bonds is 6. The van der Waals surface area contributed by atoms with Crippen LogP contribution in [-0.2, 0) is 4.79 Å². The number of pyridine rings is 1. The van der Waals surface area contributed by atoms with E-state index in [0.29, 0.717) is 22.9 Å². The molecule has 5 aromatic rings. The van der Waals surface area contributed by atoms with Gasteiger partial charge in [-0.15, -0.1) is 10.2 Å². The number of aromatic nitrogens is 5. The number of amides is 1. The molecule has 0 aliphatic heterocycles. The van der Waals surface area contributed by atoms with Crippen LogP contribution in [0.4, 0.5) is 5.69 Å². The zero-order chi connectivity index (χ0) is 22.6. The topological polar surface area (TPSA) is 94.3 Å². The predicted octanol–water partition coefficient (Wildman–Crippen LogP) is 4.18. The van der Waals surface area contributed by atoms with Gasteiger partial charge in [-0.05, 0) is 55.0 Å². The van der Waals surface area contributed by atoms with Crippen LogP contribution in [0.15, 0.2) is 85.2 Å². The number of para-hydroxylation sites is 1. The molecule has 0 fully saturated rings. The first-order valence-corrected chi connectivity index (χ1v) is 10.4. The van der Waals surface area contributed by atoms with Gasteiger partial charge in [-0.25, -0.2) is 0 Å².